The van der Waals surface area contributed by atoms with E-state index in [4.69, 9.17) is 0 Å². The van der Waals surface area contributed by atoms with Crippen LogP contribution in [0.3, 0.4) is 0 Å². The Morgan fingerprint density at radius 1 is 1.42 bits per heavy atom. The van der Waals surface area contributed by atoms with Crippen molar-refractivity contribution in [3.05, 3.63) is 18.3 Å². The van der Waals surface area contributed by atoms with E-state index in [1.165, 1.54) is 6.20 Å². The molecular formula is C12H19N3O2S2. The fraction of sp³-hybridized carbons (Fsp3) is 0.583. The van der Waals surface area contributed by atoms with Crippen molar-refractivity contribution in [2.75, 3.05) is 18.6 Å². The highest BCUT2D eigenvalue weighted by Gasteiger charge is 2.29. The number of hydrogen-bond acceptors (Lipinski definition) is 5. The van der Waals surface area contributed by atoms with E-state index in [1.807, 2.05) is 0 Å². The molecule has 1 heterocycles. The summed E-state index contributed by atoms with van der Waals surface area (Å²) >= 11 is 1.80. The summed E-state index contributed by atoms with van der Waals surface area (Å²) in [6.45, 7) is 0. The summed E-state index contributed by atoms with van der Waals surface area (Å²) in [6, 6.07) is 3.44. The van der Waals surface area contributed by atoms with E-state index in [-0.39, 0.29) is 11.1 Å². The summed E-state index contributed by atoms with van der Waals surface area (Å²) in [5.74, 6) is 0. The number of hydrogen-bond donors (Lipinski definition) is 2. The lowest BCUT2D eigenvalue weighted by atomic mass is 10.3. The van der Waals surface area contributed by atoms with Crippen molar-refractivity contribution in [3.63, 3.8) is 0 Å². The van der Waals surface area contributed by atoms with E-state index < -0.39 is 10.0 Å². The van der Waals surface area contributed by atoms with Gasteiger partial charge in [0, 0.05) is 24.5 Å². The van der Waals surface area contributed by atoms with Gasteiger partial charge in [-0.25, -0.2) is 18.1 Å². The fourth-order valence-corrected chi connectivity index (χ4v) is 4.55. The molecule has 0 bridgehead atoms. The van der Waals surface area contributed by atoms with Crippen molar-refractivity contribution in [3.8, 4) is 0 Å². The SMILES string of the molecule is CNc1cccnc1S(=O)(=O)NC1CCC(SC)C1. The second kappa shape index (κ2) is 6.11. The minimum atomic E-state index is -3.55. The molecule has 19 heavy (non-hydrogen) atoms. The Labute approximate surface area is 118 Å². The fourth-order valence-electron chi connectivity index (χ4n) is 2.33. The van der Waals surface area contributed by atoms with Gasteiger partial charge in [0.25, 0.3) is 10.0 Å². The average molecular weight is 301 g/mol. The number of anilines is 1. The van der Waals surface area contributed by atoms with Gasteiger partial charge in [-0.05, 0) is 37.7 Å². The minimum absolute atomic E-state index is 0.0224. The van der Waals surface area contributed by atoms with Crippen LogP contribution < -0.4 is 10.0 Å². The molecule has 2 rings (SSSR count). The van der Waals surface area contributed by atoms with Crippen LogP contribution in [0.25, 0.3) is 0 Å². The maximum absolute atomic E-state index is 12.3. The smallest absolute Gasteiger partial charge is 0.260 e. The maximum atomic E-state index is 12.3. The van der Waals surface area contributed by atoms with Gasteiger partial charge in [-0.3, -0.25) is 0 Å². The van der Waals surface area contributed by atoms with E-state index in [0.717, 1.165) is 19.3 Å². The van der Waals surface area contributed by atoms with Crippen LogP contribution in [0, 0.1) is 0 Å². The van der Waals surface area contributed by atoms with Crippen molar-refractivity contribution in [1.29, 1.82) is 0 Å². The Kier molecular flexibility index (Phi) is 4.70. The zero-order chi connectivity index (χ0) is 13.9. The number of nitrogens with zero attached hydrogens (tertiary/aromatic N) is 1. The molecule has 2 unspecified atom stereocenters. The average Bonchev–Trinajstić information content (AvgIpc) is 2.85. The summed E-state index contributed by atoms with van der Waals surface area (Å²) in [6.07, 6.45) is 6.41. The summed E-state index contributed by atoms with van der Waals surface area (Å²) in [7, 11) is -1.86. The molecule has 0 amide bonds. The zero-order valence-electron chi connectivity index (χ0n) is 11.1. The van der Waals surface area contributed by atoms with Gasteiger partial charge >= 0.3 is 0 Å². The highest BCUT2D eigenvalue weighted by molar-refractivity contribution is 7.99. The van der Waals surface area contributed by atoms with Crippen LogP contribution in [-0.2, 0) is 10.0 Å². The number of aromatic nitrogens is 1. The number of sulfonamides is 1. The number of thioether (sulfide) groups is 1. The molecule has 2 atom stereocenters. The van der Waals surface area contributed by atoms with Crippen LogP contribution in [0.4, 0.5) is 5.69 Å². The molecule has 0 saturated heterocycles. The maximum Gasteiger partial charge on any atom is 0.260 e. The molecule has 1 aromatic heterocycles. The van der Waals surface area contributed by atoms with E-state index in [1.54, 1.807) is 30.9 Å². The number of nitrogens with one attached hydrogen (secondary N) is 2. The normalized spacial score (nSPS) is 23.5. The second-order valence-electron chi connectivity index (χ2n) is 4.60. The van der Waals surface area contributed by atoms with Gasteiger partial charge in [0.15, 0.2) is 5.03 Å². The Hall–Kier alpha value is -0.790. The molecule has 106 valence electrons. The predicted octanol–water partition coefficient (Wildman–Crippen LogP) is 1.69. The van der Waals surface area contributed by atoms with Crippen LogP contribution in [0.15, 0.2) is 23.4 Å². The van der Waals surface area contributed by atoms with Gasteiger partial charge in [0.1, 0.15) is 0 Å². The largest absolute Gasteiger partial charge is 0.386 e. The first-order valence-corrected chi connectivity index (χ1v) is 9.02. The molecule has 1 aromatic rings. The van der Waals surface area contributed by atoms with Crippen LogP contribution >= 0.6 is 11.8 Å². The van der Waals surface area contributed by atoms with E-state index >= 15 is 0 Å². The Morgan fingerprint density at radius 2 is 2.21 bits per heavy atom. The Balaban J connectivity index is 2.15. The van der Waals surface area contributed by atoms with Crippen LogP contribution in [0.1, 0.15) is 19.3 Å². The van der Waals surface area contributed by atoms with Crippen molar-refractivity contribution in [1.82, 2.24) is 9.71 Å². The molecule has 1 aliphatic carbocycles. The summed E-state index contributed by atoms with van der Waals surface area (Å²) < 4.78 is 27.5. The van der Waals surface area contributed by atoms with Gasteiger partial charge in [-0.2, -0.15) is 11.8 Å². The lowest BCUT2D eigenvalue weighted by Crippen LogP contribution is -2.34. The van der Waals surface area contributed by atoms with Crippen molar-refractivity contribution in [2.24, 2.45) is 0 Å². The lowest BCUT2D eigenvalue weighted by molar-refractivity contribution is 0.549. The van der Waals surface area contributed by atoms with Crippen molar-refractivity contribution >= 4 is 27.5 Å². The third-order valence-corrected chi connectivity index (χ3v) is 5.91. The van der Waals surface area contributed by atoms with E-state index in [9.17, 15) is 8.42 Å². The van der Waals surface area contributed by atoms with Gasteiger partial charge < -0.3 is 5.32 Å². The van der Waals surface area contributed by atoms with Crippen molar-refractivity contribution in [2.45, 2.75) is 35.6 Å². The topological polar surface area (TPSA) is 71.1 Å². The van der Waals surface area contributed by atoms with E-state index in [0.29, 0.717) is 10.9 Å². The first-order valence-electron chi connectivity index (χ1n) is 6.24. The molecule has 1 saturated carbocycles. The molecular weight excluding hydrogens is 282 g/mol. The molecule has 0 aliphatic heterocycles. The van der Waals surface area contributed by atoms with Crippen LogP contribution in [0.5, 0.6) is 0 Å². The second-order valence-corrected chi connectivity index (χ2v) is 7.36. The highest BCUT2D eigenvalue weighted by Crippen LogP contribution is 2.29. The van der Waals surface area contributed by atoms with Crippen LogP contribution in [0.2, 0.25) is 0 Å². The third kappa shape index (κ3) is 3.40. The van der Waals surface area contributed by atoms with Gasteiger partial charge in [-0.15, -0.1) is 0 Å². The highest BCUT2D eigenvalue weighted by atomic mass is 32.2. The van der Waals surface area contributed by atoms with Crippen molar-refractivity contribution < 1.29 is 8.42 Å². The molecule has 2 N–H and O–H groups in total. The first-order chi connectivity index (χ1) is 9.06. The quantitative estimate of drug-likeness (QED) is 0.866. The van der Waals surface area contributed by atoms with Gasteiger partial charge in [-0.1, -0.05) is 0 Å². The summed E-state index contributed by atoms with van der Waals surface area (Å²) in [5.41, 5.74) is 0.523. The summed E-state index contributed by atoms with van der Waals surface area (Å²) in [5, 5.41) is 3.49. The first kappa shape index (κ1) is 14.6. The van der Waals surface area contributed by atoms with Crippen LogP contribution in [-0.4, -0.2) is 38.0 Å². The monoisotopic (exact) mass is 301 g/mol. The zero-order valence-corrected chi connectivity index (χ0v) is 12.7. The lowest BCUT2D eigenvalue weighted by Gasteiger charge is -2.14. The van der Waals surface area contributed by atoms with E-state index in [2.05, 4.69) is 21.3 Å². The minimum Gasteiger partial charge on any atom is -0.386 e. The Bertz CT molecular complexity index is 534. The molecule has 7 heteroatoms. The molecule has 1 fully saturated rings. The number of rotatable bonds is 5. The Morgan fingerprint density at radius 3 is 2.84 bits per heavy atom. The molecule has 1 aliphatic rings. The summed E-state index contributed by atoms with van der Waals surface area (Å²) in [4.78, 5) is 3.98. The standard InChI is InChI=1S/C12H19N3O2S2/c1-13-11-4-3-7-14-12(11)19(16,17)15-9-5-6-10(8-9)18-2/h3-4,7,9-10,13,15H,5-6,8H2,1-2H3. The third-order valence-electron chi connectivity index (χ3n) is 3.33. The number of pyridine rings is 1. The molecule has 0 spiro atoms. The molecule has 5 nitrogen and oxygen atoms in total. The predicted molar refractivity (Wildman–Crippen MR) is 79.0 cm³/mol. The van der Waals surface area contributed by atoms with Gasteiger partial charge in [0.05, 0.1) is 5.69 Å². The van der Waals surface area contributed by atoms with Gasteiger partial charge in [0.2, 0.25) is 0 Å². The molecule has 0 aromatic carbocycles. The molecule has 0 radical (unpaired) electrons.